The van der Waals surface area contributed by atoms with Crippen LogP contribution in [0.4, 0.5) is 0 Å². The molecular formula is C60H48N3O4Ru. The average molecular weight is 976 g/mol. The summed E-state index contributed by atoms with van der Waals surface area (Å²) in [5.41, 5.74) is 14.5. The minimum absolute atomic E-state index is 0. The molecular weight excluding hydrogens is 928 g/mol. The second kappa shape index (κ2) is 20.9. The number of hydrogen-bond acceptors (Lipinski definition) is 5. The number of carbonyl (C=O) groups is 2. The summed E-state index contributed by atoms with van der Waals surface area (Å²) in [7, 11) is 0. The third-order valence-electron chi connectivity index (χ3n) is 13.3. The van der Waals surface area contributed by atoms with Gasteiger partial charge in [-0.05, 0) is 89.7 Å². The Hall–Kier alpha value is -7.64. The Morgan fingerprint density at radius 1 is 0.441 bits per heavy atom. The van der Waals surface area contributed by atoms with E-state index in [0.717, 1.165) is 101 Å². The molecule has 8 heteroatoms. The number of nitrogens with one attached hydrogen (secondary N) is 2. The van der Waals surface area contributed by atoms with Crippen molar-refractivity contribution in [3.8, 4) is 22.3 Å². The fraction of sp³-hybridized carbons (Fsp3) is 0.100. The number of fused-ring (bicyclic) bond motifs is 4. The molecule has 1 radical (unpaired) electrons. The van der Waals surface area contributed by atoms with E-state index < -0.39 is 0 Å². The minimum Gasteiger partial charge on any atom is -0.412 e. The number of nitroso groups, excluding NO2 is 1. The van der Waals surface area contributed by atoms with Gasteiger partial charge in [-0.3, -0.25) is 9.59 Å². The molecule has 1 fully saturated rings. The van der Waals surface area contributed by atoms with Crippen molar-refractivity contribution >= 4 is 56.4 Å². The van der Waals surface area contributed by atoms with E-state index >= 15 is 9.59 Å². The van der Waals surface area contributed by atoms with Gasteiger partial charge in [-0.25, -0.2) is 0 Å². The summed E-state index contributed by atoms with van der Waals surface area (Å²) in [6.07, 6.45) is 11.9. The van der Waals surface area contributed by atoms with Crippen LogP contribution in [0.2, 0.25) is 0 Å². The third kappa shape index (κ3) is 8.84. The number of benzene rings is 8. The van der Waals surface area contributed by atoms with Crippen molar-refractivity contribution in [2.24, 2.45) is 0 Å². The zero-order chi connectivity index (χ0) is 45.0. The van der Waals surface area contributed by atoms with E-state index in [1.54, 1.807) is 0 Å². The third-order valence-corrected chi connectivity index (χ3v) is 13.3. The molecule has 0 heterocycles. The summed E-state index contributed by atoms with van der Waals surface area (Å²) in [6.45, 7) is 0. The van der Waals surface area contributed by atoms with Gasteiger partial charge >= 0.3 is 0 Å². The smallest absolute Gasteiger partial charge is 0.195 e. The molecule has 11 rings (SSSR count). The van der Waals surface area contributed by atoms with Crippen molar-refractivity contribution in [2.45, 2.75) is 37.8 Å². The molecule has 7 nitrogen and oxygen atoms in total. The molecule has 2 atom stereocenters. The first-order valence-corrected chi connectivity index (χ1v) is 22.6. The van der Waals surface area contributed by atoms with Crippen molar-refractivity contribution in [3.05, 3.63) is 242 Å². The predicted octanol–water partition coefficient (Wildman–Crippen LogP) is 8.14. The molecule has 0 saturated heterocycles. The first-order valence-electron chi connectivity index (χ1n) is 22.6. The van der Waals surface area contributed by atoms with Crippen LogP contribution >= 0.6 is 0 Å². The fourth-order valence-electron chi connectivity index (χ4n) is 10.1. The first-order chi connectivity index (χ1) is 32.6. The van der Waals surface area contributed by atoms with Crippen LogP contribution in [-0.4, -0.2) is 29.1 Å². The topological polar surface area (TPSA) is 129 Å². The maximum absolute atomic E-state index is 15.0. The predicted molar refractivity (Wildman–Crippen MR) is 272 cm³/mol. The normalized spacial score (nSPS) is 17.4. The number of nitrogens with zero attached hydrogens (tertiary/aromatic N) is 1. The number of Topliss-reactive ketones (excluding diaryl/α,β-unsaturated/α-hetero) is 2. The van der Waals surface area contributed by atoms with Crippen LogP contribution in [0.5, 0.6) is 0 Å². The van der Waals surface area contributed by atoms with Crippen molar-refractivity contribution in [3.63, 3.8) is 0 Å². The van der Waals surface area contributed by atoms with Gasteiger partial charge in [0.25, 0.3) is 0 Å². The van der Waals surface area contributed by atoms with Gasteiger partial charge in [0.15, 0.2) is 11.6 Å². The molecule has 0 spiro atoms. The molecule has 68 heavy (non-hydrogen) atoms. The molecule has 0 bridgehead atoms. The SMILES string of the molecule is O.O=C1C(c2c(-c3ccccc3)ccc3ccccc23)=c2ccccc2=C/C1=C/N[C@@H]1CCCC[C@H]1N/C=C1/C=c2ccccc2=C(c2c(-c3ccccc3)ccc3ccccc23)C1=O.[N]=O.[Ru]. The second-order valence-electron chi connectivity index (χ2n) is 17.1. The Bertz CT molecular complexity index is 3300. The maximum Gasteiger partial charge on any atom is 0.195 e. The van der Waals surface area contributed by atoms with Crippen LogP contribution in [0, 0.1) is 4.91 Å². The van der Waals surface area contributed by atoms with Crippen LogP contribution in [-0.2, 0) is 29.1 Å². The van der Waals surface area contributed by atoms with E-state index in [1.165, 1.54) is 0 Å². The molecule has 8 aromatic rings. The number of carbonyl (C=O) groups excluding carboxylic acids is 2. The summed E-state index contributed by atoms with van der Waals surface area (Å²) in [5, 5.41) is 15.7. The second-order valence-corrected chi connectivity index (χ2v) is 17.1. The summed E-state index contributed by atoms with van der Waals surface area (Å²) < 4.78 is 0. The van der Waals surface area contributed by atoms with Gasteiger partial charge in [0, 0.05) is 77.4 Å². The maximum atomic E-state index is 15.0. The van der Waals surface area contributed by atoms with Crippen molar-refractivity contribution in [2.75, 3.05) is 0 Å². The Balaban J connectivity index is 0.00000154. The molecule has 4 N–H and O–H groups in total. The van der Waals surface area contributed by atoms with E-state index in [0.29, 0.717) is 22.3 Å². The number of hydrogen-bond donors (Lipinski definition) is 2. The molecule has 335 valence electrons. The average Bonchev–Trinajstić information content (AvgIpc) is 3.38. The molecule has 0 amide bonds. The molecule has 3 aliphatic carbocycles. The molecule has 0 aromatic heterocycles. The molecule has 3 aliphatic rings. The van der Waals surface area contributed by atoms with E-state index in [-0.39, 0.29) is 48.6 Å². The Morgan fingerprint density at radius 2 is 0.809 bits per heavy atom. The van der Waals surface area contributed by atoms with Crippen LogP contribution in [0.15, 0.2) is 206 Å². The summed E-state index contributed by atoms with van der Waals surface area (Å²) in [5.74, 6) is -0.00998. The summed E-state index contributed by atoms with van der Waals surface area (Å²) in [4.78, 5) is 37.3. The largest absolute Gasteiger partial charge is 0.412 e. The quantitative estimate of drug-likeness (QED) is 0.117. The Morgan fingerprint density at radius 3 is 1.24 bits per heavy atom. The molecule has 0 aliphatic heterocycles. The van der Waals surface area contributed by atoms with Gasteiger partial charge in [0.05, 0.1) is 0 Å². The first kappa shape index (κ1) is 46.9. The molecule has 0 unspecified atom stereocenters. The van der Waals surface area contributed by atoms with Gasteiger partial charge in [-0.15, -0.1) is 4.91 Å². The van der Waals surface area contributed by atoms with Gasteiger partial charge in [-0.1, -0.05) is 195 Å². The number of rotatable bonds is 8. The monoisotopic (exact) mass is 976 g/mol. The van der Waals surface area contributed by atoms with Crippen LogP contribution < -0.4 is 37.1 Å². The van der Waals surface area contributed by atoms with Gasteiger partial charge in [-0.2, -0.15) is 0 Å². The zero-order valence-electron chi connectivity index (χ0n) is 37.1. The molecule has 8 aromatic carbocycles. The van der Waals surface area contributed by atoms with E-state index in [1.807, 2.05) is 97.3 Å². The number of ketones is 2. The van der Waals surface area contributed by atoms with E-state index in [4.69, 9.17) is 10.5 Å². The van der Waals surface area contributed by atoms with Gasteiger partial charge < -0.3 is 16.1 Å². The van der Waals surface area contributed by atoms with Crippen molar-refractivity contribution in [1.29, 1.82) is 0 Å². The van der Waals surface area contributed by atoms with Crippen LogP contribution in [0.25, 0.3) is 67.1 Å². The van der Waals surface area contributed by atoms with Crippen LogP contribution in [0.3, 0.4) is 0 Å². The van der Waals surface area contributed by atoms with Gasteiger partial charge in [0.1, 0.15) is 5.59 Å². The zero-order valence-corrected chi connectivity index (χ0v) is 38.9. The van der Waals surface area contributed by atoms with Gasteiger partial charge in [0.2, 0.25) is 0 Å². The molecule has 1 saturated carbocycles. The fourth-order valence-corrected chi connectivity index (χ4v) is 10.1. The Kier molecular flexibility index (Phi) is 14.4. The van der Waals surface area contributed by atoms with E-state index in [9.17, 15) is 0 Å². The summed E-state index contributed by atoms with van der Waals surface area (Å²) in [6, 6.07) is 62.6. The minimum atomic E-state index is -0.00499. The Labute approximate surface area is 407 Å². The standard InChI is InChI=1S/C60H46N2O2.NO.H2O.Ru/c63-59-45(35-43-23-9-13-27-49(43)57(59)55-47-25-11-7-21-41(47)31-33-51(55)39-17-3-1-4-18-39)37-61-53-29-15-16-30-54(53)62-38-46-36-44-24-10-14-28-50(44)58(60(46)64)56-48-26-12-8-22-42(48)32-34-52(56)40-19-5-2-6-20-40;1-2;;/h1-14,17-28,31-38,53-54,61-62H,15-16,29-30H2;;1H2;/b45-37-,46-38-;;;/t53-,54-;;;/m1.../s1. The summed E-state index contributed by atoms with van der Waals surface area (Å²) >= 11 is 0. The van der Waals surface area contributed by atoms with E-state index in [2.05, 4.69) is 120 Å². The van der Waals surface area contributed by atoms with Crippen molar-refractivity contribution < 1.29 is 34.5 Å². The van der Waals surface area contributed by atoms with Crippen LogP contribution in [0.1, 0.15) is 36.8 Å². The van der Waals surface area contributed by atoms with Crippen molar-refractivity contribution in [1.82, 2.24) is 16.2 Å². The number of allylic oxidation sites excluding steroid dienone is 2.